The van der Waals surface area contributed by atoms with Gasteiger partial charge in [-0.1, -0.05) is 125 Å². The number of nitrogens with zero attached hydrogens (tertiary/aromatic N) is 10. The van der Waals surface area contributed by atoms with Crippen molar-refractivity contribution in [3.63, 3.8) is 0 Å². The van der Waals surface area contributed by atoms with E-state index in [0.29, 0.717) is 105 Å². The quantitative estimate of drug-likeness (QED) is 0.0332. The first-order chi connectivity index (χ1) is 63.1. The van der Waals surface area contributed by atoms with E-state index in [1.807, 2.05) is 172 Å². The van der Waals surface area contributed by atoms with E-state index in [2.05, 4.69) is 60.0 Å². The van der Waals surface area contributed by atoms with Crippen LogP contribution in [-0.2, 0) is 38.9 Å². The fraction of sp³-hybridized carbons (Fsp3) is 0.172. The second kappa shape index (κ2) is 40.8. The molecule has 0 radical (unpaired) electrons. The minimum atomic E-state index is -4.56. The van der Waals surface area contributed by atoms with Gasteiger partial charge >= 0.3 is 6.18 Å². The lowest BCUT2D eigenvalue weighted by molar-refractivity contribution is -0.137. The van der Waals surface area contributed by atoms with Gasteiger partial charge in [0, 0.05) is 55.7 Å². The molecule has 0 atom stereocenters. The van der Waals surface area contributed by atoms with Gasteiger partial charge in [-0.3, -0.25) is 0 Å². The van der Waals surface area contributed by atoms with Crippen molar-refractivity contribution in [2.45, 2.75) is 59.7 Å². The van der Waals surface area contributed by atoms with Gasteiger partial charge < -0.3 is 86.3 Å². The second-order valence-electron chi connectivity index (χ2n) is 30.1. The molecule has 32 heteroatoms. The molecule has 5 aromatic heterocycles. The SMILES string of the molecule is COc1cc(Cn2c(O)c(N=O)c3c(C)cc(C)cc32)cc(OC)c1.COc1cc(Cn2c(O)c(N=O)c3ccc(Br)cc32)cc(OC)c1.COc1cc(Cn2c(O)c(N=O)c3ccc(C(F)(F)F)cc32)cc(OC)c1.COc1cc(Cn2c(O)c(N=O)c3ccc(C)cc32)cc(OC)c1.O=Nc1c(O)n(Cc2ccccc2-c2ccccc2)c2cc(-c3ccccc3)ccc12. The number of methoxy groups -OCH3 is 8. The number of hydrogen-bond acceptors (Lipinski definition) is 23. The van der Waals surface area contributed by atoms with E-state index in [-0.39, 0.29) is 69.4 Å². The van der Waals surface area contributed by atoms with E-state index >= 15 is 0 Å². The number of aromatic nitrogens is 5. The Morgan fingerprint density at radius 1 is 0.305 bits per heavy atom. The van der Waals surface area contributed by atoms with Crippen molar-refractivity contribution in [3.05, 3.63) is 322 Å². The third kappa shape index (κ3) is 20.1. The highest BCUT2D eigenvalue weighted by molar-refractivity contribution is 9.10. The Kier molecular flexibility index (Phi) is 28.8. The standard InChI is InChI=1S/C27H20N2O2.C19H20N2O4.C18H15F3N2O4.C18H18N2O4.C17H15BrN2O4/c30-27-26(28-31)24-16-15-21(19-9-3-1-4-10-19)17-25(24)29(27)18-22-13-7-8-14-23(22)20-11-5-2-6-12-20;1-11-5-12(2)17-16(6-11)21(19(22)18(17)20-23)10-13-7-14(24-3)9-15(8-13)25-4;1-26-12-5-10(6-13(8-12)27-2)9-23-15-7-11(18(19,20)21)3-4-14(15)16(22-25)17(23)24;1-11-4-5-15-16(6-11)20(18(21)17(15)19-22)10-12-7-13(23-2)9-14(8-12)24-3;1-23-12-5-10(6-13(8-12)24-2)9-20-15-7-11(18)3-4-14(15)16(19-22)17(20)21/h1-17,30H,18H2;5-9,22H,10H2,1-4H3;3-8,24H,9H2,1-2H3;4-9,21H,10H2,1-3H3;3-8,21H,9H2,1-2H3. The van der Waals surface area contributed by atoms with Crippen molar-refractivity contribution >= 4 is 98.9 Å². The van der Waals surface area contributed by atoms with Crippen LogP contribution in [0.5, 0.6) is 75.4 Å². The first-order valence-electron chi connectivity index (χ1n) is 40.3. The summed E-state index contributed by atoms with van der Waals surface area (Å²) in [6.45, 7) is 7.28. The Labute approximate surface area is 756 Å². The molecule has 28 nitrogen and oxygen atoms in total. The van der Waals surface area contributed by atoms with Crippen molar-refractivity contribution in [3.8, 4) is 97.6 Å². The second-order valence-corrected chi connectivity index (χ2v) is 31.1. The van der Waals surface area contributed by atoms with Gasteiger partial charge in [0.15, 0.2) is 28.4 Å². The maximum Gasteiger partial charge on any atom is 0.416 e. The van der Waals surface area contributed by atoms with Gasteiger partial charge in [-0.15, -0.1) is 24.5 Å². The van der Waals surface area contributed by atoms with Crippen molar-refractivity contribution in [1.29, 1.82) is 0 Å². The maximum atomic E-state index is 13.1. The monoisotopic (exact) mass is 1840 g/mol. The van der Waals surface area contributed by atoms with Crippen molar-refractivity contribution in [1.82, 2.24) is 22.8 Å². The third-order valence-electron chi connectivity index (χ3n) is 21.9. The van der Waals surface area contributed by atoms with Crippen LogP contribution in [0.3, 0.4) is 0 Å². The van der Waals surface area contributed by atoms with Gasteiger partial charge in [0.05, 0.1) is 123 Å². The van der Waals surface area contributed by atoms with E-state index < -0.39 is 17.6 Å². The molecule has 0 fully saturated rings. The van der Waals surface area contributed by atoms with Crippen LogP contribution in [-0.4, -0.2) is 105 Å². The Morgan fingerprint density at radius 3 is 1.02 bits per heavy atom. The Bertz CT molecular complexity index is 6890. The molecule has 0 saturated carbocycles. The van der Waals surface area contributed by atoms with Crippen LogP contribution < -0.4 is 37.9 Å². The van der Waals surface area contributed by atoms with Crippen LogP contribution in [0.1, 0.15) is 50.1 Å². The summed E-state index contributed by atoms with van der Waals surface area (Å²) in [5, 5.41) is 70.2. The molecule has 0 aliphatic heterocycles. The number of nitroso groups, excluding NO2 is 5. The molecule has 0 aliphatic carbocycles. The third-order valence-corrected chi connectivity index (χ3v) is 22.4. The predicted molar refractivity (Wildman–Crippen MR) is 503 cm³/mol. The van der Waals surface area contributed by atoms with Crippen LogP contribution in [0.25, 0.3) is 76.8 Å². The number of rotatable bonds is 25. The molecule has 5 N–H and O–H groups in total. The number of ether oxygens (including phenoxy) is 8. The molecular weight excluding hydrogens is 1750 g/mol. The van der Waals surface area contributed by atoms with Crippen LogP contribution >= 0.6 is 15.9 Å². The molecule has 0 spiro atoms. The fourth-order valence-corrected chi connectivity index (χ4v) is 16.0. The van der Waals surface area contributed by atoms with E-state index in [9.17, 15) is 63.2 Å². The van der Waals surface area contributed by atoms with Crippen molar-refractivity contribution in [2.24, 2.45) is 25.9 Å². The van der Waals surface area contributed by atoms with Crippen molar-refractivity contribution in [2.75, 3.05) is 56.9 Å². The van der Waals surface area contributed by atoms with Crippen molar-refractivity contribution < 1.29 is 76.6 Å². The minimum absolute atomic E-state index is 0.0211. The molecule has 12 aromatic carbocycles. The summed E-state index contributed by atoms with van der Waals surface area (Å²) in [5.74, 6) is 3.81. The summed E-state index contributed by atoms with van der Waals surface area (Å²) in [4.78, 5) is 56.2. The molecule has 131 heavy (non-hydrogen) atoms. The van der Waals surface area contributed by atoms with Gasteiger partial charge in [-0.2, -0.15) is 13.2 Å². The average molecular weight is 1840 g/mol. The summed E-state index contributed by atoms with van der Waals surface area (Å²) < 4.78 is 90.0. The molecule has 0 bridgehead atoms. The van der Waals surface area contributed by atoms with E-state index in [1.165, 1.54) is 18.8 Å². The van der Waals surface area contributed by atoms with Gasteiger partial charge in [-0.25, -0.2) is 0 Å². The largest absolute Gasteiger partial charge is 0.497 e. The van der Waals surface area contributed by atoms with Crippen LogP contribution in [0.15, 0.2) is 273 Å². The van der Waals surface area contributed by atoms with Crippen LogP contribution in [0.2, 0.25) is 0 Å². The molecule has 5 heterocycles. The lowest BCUT2D eigenvalue weighted by Gasteiger charge is -2.13. The van der Waals surface area contributed by atoms with E-state index in [1.54, 1.807) is 116 Å². The molecule has 0 saturated heterocycles. The predicted octanol–water partition coefficient (Wildman–Crippen LogP) is 25.1. The number of alkyl halides is 3. The summed E-state index contributed by atoms with van der Waals surface area (Å²) in [5.41, 5.74) is 13.6. The summed E-state index contributed by atoms with van der Waals surface area (Å²) in [7, 11) is 12.4. The Hall–Kier alpha value is -16.0. The highest BCUT2D eigenvalue weighted by Crippen LogP contribution is 2.48. The molecule has 0 unspecified atom stereocenters. The number of fused-ring (bicyclic) bond motifs is 5. The number of aromatic hydroxyl groups is 5. The molecule has 17 aromatic rings. The lowest BCUT2D eigenvalue weighted by Crippen LogP contribution is -2.05. The highest BCUT2D eigenvalue weighted by Gasteiger charge is 2.33. The minimum Gasteiger partial charge on any atom is -0.497 e. The van der Waals surface area contributed by atoms with Gasteiger partial charge in [0.25, 0.3) is 0 Å². The Morgan fingerprint density at radius 2 is 0.626 bits per heavy atom. The normalized spacial score (nSPS) is 11.0. The molecule has 17 rings (SSSR count). The smallest absolute Gasteiger partial charge is 0.416 e. The zero-order chi connectivity index (χ0) is 93.6. The molecular formula is C99H88BrF3N10O18. The van der Waals surface area contributed by atoms with Gasteiger partial charge in [0.2, 0.25) is 29.4 Å². The average Bonchev–Trinajstić information content (AvgIpc) is 1.62. The number of benzene rings is 12. The first kappa shape index (κ1) is 92.7. The highest BCUT2D eigenvalue weighted by atomic mass is 79.9. The lowest BCUT2D eigenvalue weighted by atomic mass is 9.99. The number of hydrogen-bond donors (Lipinski definition) is 5. The fourth-order valence-electron chi connectivity index (χ4n) is 15.7. The Balaban J connectivity index is 0.000000140. The number of halogens is 4. The zero-order valence-electron chi connectivity index (χ0n) is 72.7. The summed E-state index contributed by atoms with van der Waals surface area (Å²) >= 11 is 3.41. The van der Waals surface area contributed by atoms with E-state index in [0.717, 1.165) is 100 Å². The van der Waals surface area contributed by atoms with E-state index in [4.69, 9.17) is 37.9 Å². The first-order valence-corrected chi connectivity index (χ1v) is 41.1. The summed E-state index contributed by atoms with van der Waals surface area (Å²) in [6.07, 6.45) is -4.56. The topological polar surface area (TPSA) is 347 Å². The zero-order valence-corrected chi connectivity index (χ0v) is 74.2. The number of aryl methyl sites for hydroxylation is 3. The molecule has 0 aliphatic rings. The summed E-state index contributed by atoms with van der Waals surface area (Å²) in [6, 6.07) is 73.2. The van der Waals surface area contributed by atoms with Crippen LogP contribution in [0, 0.1) is 45.3 Å². The molecule has 0 amide bonds. The van der Waals surface area contributed by atoms with Crippen LogP contribution in [0.4, 0.5) is 41.6 Å². The molecule has 670 valence electrons. The van der Waals surface area contributed by atoms with Gasteiger partial charge in [0.1, 0.15) is 46.0 Å². The van der Waals surface area contributed by atoms with Gasteiger partial charge in [-0.05, 0) is 223 Å². The maximum absolute atomic E-state index is 13.1.